The van der Waals surface area contributed by atoms with Gasteiger partial charge in [0, 0.05) is 19.6 Å². The highest BCUT2D eigenvalue weighted by Crippen LogP contribution is 2.21. The zero-order valence-electron chi connectivity index (χ0n) is 43.5. The Hall–Kier alpha value is -6.89. The number of nitrogens with zero attached hydrogens (tertiary/aromatic N) is 2. The predicted octanol–water partition coefficient (Wildman–Crippen LogP) is -5.97. The standard InChI is InChI=1S/C48H82FN17O11/c49-29-10-5-9-28(25-29)16-17-32(43(72)61-31(12-2-4-20-51)42(71)64-35(47(76)77)14-7-23-58-48(56)57)62-44(73)36-15-8-24-66(36)46(75)34(13-6-21-52)60-38(68)27-59-41(70)33(18-22-53)63-45(74)39(37(67)26-54)65-40(69)30(55)11-1-3-19-50/h5,9-10,14,25,30-34,36-37,39,67H,1-4,6-8,11-13,15-24,26-27,50-55H2,(H,59,70)(H,60,68)(H,61,72)(H,62,73)(H,63,74)(H,64,71)(H,65,69)(H,76,77)(H4,56,57,58)/b35-14-/t30-,31-,32-,33-,34+,36-,37-,39-/m0/s1. The number of rotatable bonds is 37. The highest BCUT2D eigenvalue weighted by atomic mass is 19.1. The number of nitrogens with one attached hydrogen (secondary N) is 7. The molecule has 1 aromatic carbocycles. The van der Waals surface area contributed by atoms with Crippen LogP contribution in [0.2, 0.25) is 0 Å². The molecule has 28 nitrogen and oxygen atoms in total. The summed E-state index contributed by atoms with van der Waals surface area (Å²) in [7, 11) is 0. The summed E-state index contributed by atoms with van der Waals surface area (Å²) >= 11 is 0. The summed E-state index contributed by atoms with van der Waals surface area (Å²) in [4.78, 5) is 126. The number of hydrogen-bond acceptors (Lipinski definition) is 17. The van der Waals surface area contributed by atoms with Crippen LogP contribution in [0.3, 0.4) is 0 Å². The van der Waals surface area contributed by atoms with Gasteiger partial charge in [-0.25, -0.2) is 9.18 Å². The lowest BCUT2D eigenvalue weighted by Crippen LogP contribution is -2.61. The number of carbonyl (C=O) groups is 9. The van der Waals surface area contributed by atoms with Crippen molar-refractivity contribution in [3.05, 3.63) is 47.4 Å². The Morgan fingerprint density at radius 3 is 1.99 bits per heavy atom. The number of aliphatic carboxylic acids is 1. The van der Waals surface area contributed by atoms with Crippen molar-refractivity contribution in [1.29, 1.82) is 0 Å². The Kier molecular flexibility index (Phi) is 31.1. The molecule has 77 heavy (non-hydrogen) atoms. The number of amides is 8. The molecular weight excluding hydrogens is 1010 g/mol. The van der Waals surface area contributed by atoms with Gasteiger partial charge in [-0.2, -0.15) is 0 Å². The number of nitrogens with two attached hydrogens (primary N) is 8. The molecule has 0 aromatic heterocycles. The lowest BCUT2D eigenvalue weighted by molar-refractivity contribution is -0.142. The number of hydrogen-bond donors (Lipinski definition) is 17. The first-order valence-corrected chi connectivity index (χ1v) is 25.8. The zero-order chi connectivity index (χ0) is 57.5. The average Bonchev–Trinajstić information content (AvgIpc) is 3.90. The van der Waals surface area contributed by atoms with Gasteiger partial charge >= 0.3 is 5.97 Å². The number of carbonyl (C=O) groups excluding carboxylic acids is 8. The Bertz CT molecular complexity index is 2170. The van der Waals surface area contributed by atoms with Crippen LogP contribution in [0, 0.1) is 5.82 Å². The number of aliphatic hydroxyl groups excluding tert-OH is 1. The number of halogens is 1. The lowest BCUT2D eigenvalue weighted by atomic mass is 10.0. The van der Waals surface area contributed by atoms with Crippen LogP contribution >= 0.6 is 0 Å². The highest BCUT2D eigenvalue weighted by molar-refractivity contribution is 5.99. The fourth-order valence-electron chi connectivity index (χ4n) is 8.08. The maximum absolute atomic E-state index is 14.3. The molecule has 0 unspecified atom stereocenters. The number of likely N-dealkylation sites (tertiary alicyclic amines) is 1. The van der Waals surface area contributed by atoms with E-state index in [9.17, 15) is 57.8 Å². The molecule has 1 aliphatic heterocycles. The van der Waals surface area contributed by atoms with Crippen molar-refractivity contribution in [2.45, 2.75) is 138 Å². The van der Waals surface area contributed by atoms with E-state index in [2.05, 4.69) is 42.2 Å². The van der Waals surface area contributed by atoms with Gasteiger partial charge in [0.05, 0.1) is 18.7 Å². The van der Waals surface area contributed by atoms with Crippen LogP contribution in [0.15, 0.2) is 41.0 Å². The van der Waals surface area contributed by atoms with Crippen molar-refractivity contribution in [2.75, 3.05) is 52.4 Å². The largest absolute Gasteiger partial charge is 0.477 e. The fraction of sp³-hybridized carbons (Fsp3) is 0.625. The van der Waals surface area contributed by atoms with E-state index >= 15 is 0 Å². The van der Waals surface area contributed by atoms with Crippen LogP contribution in [0.4, 0.5) is 4.39 Å². The first-order chi connectivity index (χ1) is 36.7. The van der Waals surface area contributed by atoms with Crippen molar-refractivity contribution in [3.63, 3.8) is 0 Å². The van der Waals surface area contributed by atoms with Crippen LogP contribution in [0.5, 0.6) is 0 Å². The van der Waals surface area contributed by atoms with E-state index in [1.807, 2.05) is 0 Å². The molecule has 2 rings (SSSR count). The summed E-state index contributed by atoms with van der Waals surface area (Å²) in [5.74, 6) is -8.84. The summed E-state index contributed by atoms with van der Waals surface area (Å²) in [6.07, 6.45) is 2.41. The van der Waals surface area contributed by atoms with Crippen molar-refractivity contribution < 1.29 is 57.8 Å². The Morgan fingerprint density at radius 2 is 1.36 bits per heavy atom. The average molecular weight is 1090 g/mol. The molecule has 1 heterocycles. The second kappa shape index (κ2) is 36.2. The summed E-state index contributed by atoms with van der Waals surface area (Å²) in [5, 5.41) is 37.7. The molecule has 1 aromatic rings. The summed E-state index contributed by atoms with van der Waals surface area (Å²) in [6, 6.07) is -3.55. The van der Waals surface area contributed by atoms with Gasteiger partial charge in [0.2, 0.25) is 47.3 Å². The van der Waals surface area contributed by atoms with Crippen LogP contribution < -0.4 is 83.1 Å². The fourth-order valence-corrected chi connectivity index (χ4v) is 8.08. The van der Waals surface area contributed by atoms with E-state index in [1.54, 1.807) is 6.07 Å². The molecule has 1 aliphatic rings. The summed E-state index contributed by atoms with van der Waals surface area (Å²) in [6.45, 7) is -0.417. The summed E-state index contributed by atoms with van der Waals surface area (Å²) in [5.41, 5.74) is 44.9. The van der Waals surface area contributed by atoms with Crippen LogP contribution in [-0.2, 0) is 49.6 Å². The normalized spacial score (nSPS) is 16.0. The maximum atomic E-state index is 14.3. The first kappa shape index (κ1) is 66.2. The molecule has 0 radical (unpaired) electrons. The number of aliphatic imine (C=N–C) groups is 1. The third-order valence-corrected chi connectivity index (χ3v) is 12.3. The SMILES string of the molecule is NCCCC[C@H](NC(=O)[C@H](CCc1cccc(F)c1)NC(=O)[C@@H]1CCCN1C(=O)[C@@H](CCCN)NC(=O)CNC(=O)[C@H](CCN)NC(=O)[C@@H](NC(=O)[C@@H](N)CCCCN)[C@@H](O)CN)C(=O)N/C(=C\CCN=C(N)N)C(=O)O. The molecule has 0 bridgehead atoms. The van der Waals surface area contributed by atoms with E-state index < -0.39 is 126 Å². The maximum Gasteiger partial charge on any atom is 0.352 e. The number of carboxylic acid groups (broad SMARTS) is 1. The van der Waals surface area contributed by atoms with Gasteiger partial charge in [0.1, 0.15) is 47.8 Å². The molecule has 432 valence electrons. The number of guanidine groups is 1. The van der Waals surface area contributed by atoms with Gasteiger partial charge in [0.25, 0.3) is 0 Å². The van der Waals surface area contributed by atoms with Crippen molar-refractivity contribution in [3.8, 4) is 0 Å². The Balaban J connectivity index is 2.30. The second-order valence-corrected chi connectivity index (χ2v) is 18.4. The van der Waals surface area contributed by atoms with Gasteiger partial charge in [-0.05, 0) is 127 Å². The molecule has 0 saturated carbocycles. The minimum atomic E-state index is -1.61. The third kappa shape index (κ3) is 24.3. The zero-order valence-corrected chi connectivity index (χ0v) is 43.5. The molecule has 0 spiro atoms. The van der Waals surface area contributed by atoms with Gasteiger partial charge in [-0.3, -0.25) is 43.3 Å². The quantitative estimate of drug-likeness (QED) is 0.0128. The van der Waals surface area contributed by atoms with Crippen LogP contribution in [0.1, 0.15) is 89.0 Å². The number of benzene rings is 1. The van der Waals surface area contributed by atoms with E-state index in [0.29, 0.717) is 44.2 Å². The number of aliphatic hydroxyl groups is 1. The van der Waals surface area contributed by atoms with E-state index in [1.165, 1.54) is 29.2 Å². The minimum absolute atomic E-state index is 0.0142. The van der Waals surface area contributed by atoms with Crippen molar-refractivity contribution in [2.24, 2.45) is 50.9 Å². The molecule has 0 aliphatic carbocycles. The summed E-state index contributed by atoms with van der Waals surface area (Å²) < 4.78 is 14.2. The molecule has 29 heteroatoms. The lowest BCUT2D eigenvalue weighted by Gasteiger charge is -2.30. The van der Waals surface area contributed by atoms with Crippen molar-refractivity contribution >= 4 is 59.2 Å². The molecule has 25 N–H and O–H groups in total. The molecule has 8 atom stereocenters. The van der Waals surface area contributed by atoms with Gasteiger partial charge < -0.3 is 98.2 Å². The number of carboxylic acids is 1. The topological polar surface area (TPSA) is 502 Å². The second-order valence-electron chi connectivity index (χ2n) is 18.4. The predicted molar refractivity (Wildman–Crippen MR) is 282 cm³/mol. The highest BCUT2D eigenvalue weighted by Gasteiger charge is 2.40. The first-order valence-electron chi connectivity index (χ1n) is 25.8. The van der Waals surface area contributed by atoms with E-state index in [0.717, 1.165) is 0 Å². The minimum Gasteiger partial charge on any atom is -0.477 e. The van der Waals surface area contributed by atoms with Crippen molar-refractivity contribution in [1.82, 2.24) is 42.1 Å². The number of unbranched alkanes of at least 4 members (excludes halogenated alkanes) is 2. The van der Waals surface area contributed by atoms with Gasteiger partial charge in [-0.1, -0.05) is 24.6 Å². The van der Waals surface area contributed by atoms with E-state index in [-0.39, 0.29) is 96.5 Å². The van der Waals surface area contributed by atoms with Gasteiger partial charge in [0.15, 0.2) is 5.96 Å². The number of aryl methyl sites for hydroxylation is 1. The molecular formula is C48H82FN17O11. The monoisotopic (exact) mass is 1090 g/mol. The van der Waals surface area contributed by atoms with Crippen LogP contribution in [-0.4, -0.2) is 175 Å². The third-order valence-electron chi connectivity index (χ3n) is 12.3. The van der Waals surface area contributed by atoms with Gasteiger partial charge in [-0.15, -0.1) is 0 Å². The van der Waals surface area contributed by atoms with E-state index in [4.69, 9.17) is 45.9 Å². The Labute approximate surface area is 446 Å². The smallest absolute Gasteiger partial charge is 0.352 e. The Morgan fingerprint density at radius 1 is 0.727 bits per heavy atom. The van der Waals surface area contributed by atoms with Crippen LogP contribution in [0.25, 0.3) is 0 Å². The molecule has 1 saturated heterocycles. The molecule has 8 amide bonds. The molecule has 1 fully saturated rings.